The average molecular weight is 662 g/mol. The van der Waals surface area contributed by atoms with Crippen molar-refractivity contribution < 1.29 is 19.1 Å². The Morgan fingerprint density at radius 2 is 1.59 bits per heavy atom. The van der Waals surface area contributed by atoms with Gasteiger partial charge >= 0.3 is 0 Å². The van der Waals surface area contributed by atoms with Crippen LogP contribution in [0, 0.1) is 12.8 Å². The number of hydrogen-bond acceptors (Lipinski definition) is 7. The molecule has 2 saturated heterocycles. The minimum atomic E-state index is -0.336. The molecule has 10 nitrogen and oxygen atoms in total. The third kappa shape index (κ3) is 6.47. The van der Waals surface area contributed by atoms with Gasteiger partial charge in [-0.1, -0.05) is 18.2 Å². The molecular weight excluding hydrogens is 618 g/mol. The Morgan fingerprint density at radius 1 is 0.816 bits per heavy atom. The lowest BCUT2D eigenvalue weighted by Crippen LogP contribution is -2.53. The number of aromatic nitrogens is 1. The topological polar surface area (TPSA) is 96.3 Å². The fourth-order valence-electron chi connectivity index (χ4n) is 7.79. The molecule has 3 aliphatic rings. The van der Waals surface area contributed by atoms with Crippen LogP contribution >= 0.6 is 0 Å². The summed E-state index contributed by atoms with van der Waals surface area (Å²) in [4.78, 5) is 47.1. The average Bonchev–Trinajstić information content (AvgIpc) is 3.11. The number of carbonyl (C=O) groups excluding carboxylic acids is 2. The van der Waals surface area contributed by atoms with Gasteiger partial charge in [0.25, 0.3) is 17.4 Å². The highest BCUT2D eigenvalue weighted by Crippen LogP contribution is 2.40. The molecule has 254 valence electrons. The molecule has 0 saturated carbocycles. The first-order valence-electron chi connectivity index (χ1n) is 17.0. The largest absolute Gasteiger partial charge is 0.497 e. The Balaban J connectivity index is 1.18. The SMILES string of the molecule is COc1cc(OC)cc(C(=O)Nc2cc(C(=O)N3CCN(c4cccc(C)c4)C(C)C3)ccc2N2CC3CC(C2)c2cccc(=O)n2C3)c1. The van der Waals surface area contributed by atoms with Gasteiger partial charge in [0.2, 0.25) is 0 Å². The number of anilines is 3. The van der Waals surface area contributed by atoms with Gasteiger partial charge in [0.1, 0.15) is 11.5 Å². The van der Waals surface area contributed by atoms with Crippen LogP contribution in [0.15, 0.2) is 83.7 Å². The summed E-state index contributed by atoms with van der Waals surface area (Å²) >= 11 is 0. The number of aryl methyl sites for hydroxylation is 1. The lowest BCUT2D eigenvalue weighted by atomic mass is 9.83. The number of amides is 2. The molecule has 2 amide bonds. The summed E-state index contributed by atoms with van der Waals surface area (Å²) in [5.74, 6) is 1.07. The second kappa shape index (κ2) is 13.3. The van der Waals surface area contributed by atoms with Gasteiger partial charge in [0.05, 0.1) is 25.6 Å². The standard InChI is InChI=1S/C39H43N5O5/c1-25-7-5-8-31(15-25)43-14-13-41(21-26(43)2)39(47)28-11-12-36(34(19-28)40-38(46)29-17-32(48-3)20-33(18-29)49-4)42-22-27-16-30(24-42)35-9-6-10-37(45)44(35)23-27/h5-12,15,17-20,26-27,30H,13-14,16,21-24H2,1-4H3,(H,40,46). The van der Waals surface area contributed by atoms with E-state index >= 15 is 0 Å². The number of pyridine rings is 1. The quantitative estimate of drug-likeness (QED) is 0.284. The van der Waals surface area contributed by atoms with Crippen molar-refractivity contribution in [2.45, 2.75) is 38.8 Å². The molecule has 7 rings (SSSR count). The third-order valence-electron chi connectivity index (χ3n) is 10.2. The summed E-state index contributed by atoms with van der Waals surface area (Å²) in [5.41, 5.74) is 5.78. The predicted octanol–water partition coefficient (Wildman–Crippen LogP) is 5.40. The number of piperazine rings is 1. The maximum atomic E-state index is 14.0. The molecule has 3 aromatic carbocycles. The first-order chi connectivity index (χ1) is 23.7. The van der Waals surface area contributed by atoms with Gasteiger partial charge in [0, 0.05) is 85.9 Å². The van der Waals surface area contributed by atoms with E-state index in [1.165, 1.54) is 11.3 Å². The Labute approximate surface area is 286 Å². The van der Waals surface area contributed by atoms with Crippen LogP contribution in [0.5, 0.6) is 11.5 Å². The van der Waals surface area contributed by atoms with Crippen molar-refractivity contribution in [1.29, 1.82) is 0 Å². The number of benzene rings is 3. The molecule has 10 heteroatoms. The lowest BCUT2D eigenvalue weighted by Gasteiger charge is -2.44. The molecule has 0 spiro atoms. The first kappa shape index (κ1) is 32.3. The molecule has 0 radical (unpaired) electrons. The highest BCUT2D eigenvalue weighted by Gasteiger charge is 2.36. The van der Waals surface area contributed by atoms with E-state index in [1.54, 1.807) is 38.5 Å². The fraction of sp³-hybridized carbons (Fsp3) is 0.359. The summed E-state index contributed by atoms with van der Waals surface area (Å²) in [6, 6.07) is 24.8. The second-order valence-corrected chi connectivity index (χ2v) is 13.5. The zero-order chi connectivity index (χ0) is 34.2. The molecule has 3 atom stereocenters. The minimum absolute atomic E-state index is 0.0409. The number of fused-ring (bicyclic) bond motifs is 4. The first-order valence-corrected chi connectivity index (χ1v) is 17.0. The number of ether oxygens (including phenoxy) is 2. The molecule has 4 aromatic rings. The van der Waals surface area contributed by atoms with Crippen LogP contribution < -0.4 is 30.1 Å². The summed E-state index contributed by atoms with van der Waals surface area (Å²) in [5, 5.41) is 3.14. The normalized spacial score (nSPS) is 20.0. The van der Waals surface area contributed by atoms with Crippen molar-refractivity contribution in [1.82, 2.24) is 9.47 Å². The van der Waals surface area contributed by atoms with E-state index in [1.807, 2.05) is 39.8 Å². The van der Waals surface area contributed by atoms with Crippen LogP contribution in [0.25, 0.3) is 0 Å². The van der Waals surface area contributed by atoms with Gasteiger partial charge in [0.15, 0.2) is 0 Å². The van der Waals surface area contributed by atoms with Crippen LogP contribution in [-0.2, 0) is 6.54 Å². The maximum absolute atomic E-state index is 14.0. The van der Waals surface area contributed by atoms with E-state index in [0.29, 0.717) is 54.5 Å². The highest BCUT2D eigenvalue weighted by atomic mass is 16.5. The van der Waals surface area contributed by atoms with Crippen LogP contribution in [0.4, 0.5) is 17.1 Å². The maximum Gasteiger partial charge on any atom is 0.255 e. The summed E-state index contributed by atoms with van der Waals surface area (Å²) in [7, 11) is 3.09. The Morgan fingerprint density at radius 3 is 2.33 bits per heavy atom. The number of methoxy groups -OCH3 is 2. The third-order valence-corrected chi connectivity index (χ3v) is 10.2. The number of rotatable bonds is 7. The highest BCUT2D eigenvalue weighted by molar-refractivity contribution is 6.07. The van der Waals surface area contributed by atoms with Crippen molar-refractivity contribution in [2.24, 2.45) is 5.92 Å². The molecule has 2 bridgehead atoms. The Bertz CT molecular complexity index is 1930. The summed E-state index contributed by atoms with van der Waals surface area (Å²) in [6.45, 7) is 8.26. The number of piperidine rings is 1. The van der Waals surface area contributed by atoms with Gasteiger partial charge in [-0.15, -0.1) is 0 Å². The molecule has 1 aromatic heterocycles. The number of hydrogen-bond donors (Lipinski definition) is 1. The van der Waals surface area contributed by atoms with E-state index in [2.05, 4.69) is 53.2 Å². The Kier molecular flexibility index (Phi) is 8.79. The van der Waals surface area contributed by atoms with Gasteiger partial charge in [-0.05, 0) is 80.3 Å². The van der Waals surface area contributed by atoms with E-state index in [9.17, 15) is 14.4 Å². The minimum Gasteiger partial charge on any atom is -0.497 e. The number of carbonyl (C=O) groups is 2. The zero-order valence-corrected chi connectivity index (χ0v) is 28.5. The fourth-order valence-corrected chi connectivity index (χ4v) is 7.79. The molecule has 49 heavy (non-hydrogen) atoms. The molecule has 3 unspecified atom stereocenters. The van der Waals surface area contributed by atoms with Crippen molar-refractivity contribution in [2.75, 3.05) is 62.1 Å². The van der Waals surface area contributed by atoms with Gasteiger partial charge < -0.3 is 34.1 Å². The van der Waals surface area contributed by atoms with Crippen LogP contribution in [0.2, 0.25) is 0 Å². The second-order valence-electron chi connectivity index (χ2n) is 13.5. The molecular formula is C39H43N5O5. The monoisotopic (exact) mass is 661 g/mol. The number of nitrogens with one attached hydrogen (secondary N) is 1. The summed E-state index contributed by atoms with van der Waals surface area (Å²) in [6.07, 6.45) is 1.01. The van der Waals surface area contributed by atoms with Gasteiger partial charge in [-0.3, -0.25) is 14.4 Å². The van der Waals surface area contributed by atoms with Gasteiger partial charge in [-0.2, -0.15) is 0 Å². The Hall–Kier alpha value is -5.25. The van der Waals surface area contributed by atoms with Crippen LogP contribution in [0.1, 0.15) is 51.2 Å². The van der Waals surface area contributed by atoms with Crippen molar-refractivity contribution in [3.05, 3.63) is 112 Å². The van der Waals surface area contributed by atoms with Crippen LogP contribution in [-0.4, -0.2) is 74.3 Å². The van der Waals surface area contributed by atoms with E-state index < -0.39 is 0 Å². The molecule has 3 aliphatic heterocycles. The number of nitrogens with zero attached hydrogens (tertiary/aromatic N) is 4. The van der Waals surface area contributed by atoms with Crippen molar-refractivity contribution in [3.8, 4) is 11.5 Å². The van der Waals surface area contributed by atoms with Crippen molar-refractivity contribution in [3.63, 3.8) is 0 Å². The predicted molar refractivity (Wildman–Crippen MR) is 192 cm³/mol. The van der Waals surface area contributed by atoms with Gasteiger partial charge in [-0.25, -0.2) is 0 Å². The smallest absolute Gasteiger partial charge is 0.255 e. The van der Waals surface area contributed by atoms with E-state index in [-0.39, 0.29) is 35.3 Å². The molecule has 4 heterocycles. The van der Waals surface area contributed by atoms with E-state index in [4.69, 9.17) is 9.47 Å². The van der Waals surface area contributed by atoms with E-state index in [0.717, 1.165) is 30.9 Å². The molecule has 2 fully saturated rings. The van der Waals surface area contributed by atoms with Crippen LogP contribution in [0.3, 0.4) is 0 Å². The molecule has 0 aliphatic carbocycles. The molecule has 1 N–H and O–H groups in total. The zero-order valence-electron chi connectivity index (χ0n) is 28.5. The lowest BCUT2D eigenvalue weighted by molar-refractivity contribution is 0.0726. The van der Waals surface area contributed by atoms with Crippen molar-refractivity contribution >= 4 is 28.9 Å². The summed E-state index contributed by atoms with van der Waals surface area (Å²) < 4.78 is 12.7.